The summed E-state index contributed by atoms with van der Waals surface area (Å²) >= 11 is 0. The third-order valence-electron chi connectivity index (χ3n) is 2.57. The Morgan fingerprint density at radius 3 is 1.89 bits per heavy atom. The maximum absolute atomic E-state index is 3.37. The summed E-state index contributed by atoms with van der Waals surface area (Å²) in [6.07, 6.45) is 1.15. The summed E-state index contributed by atoms with van der Waals surface area (Å²) in [6.45, 7) is 7.20. The predicted octanol–water partition coefficient (Wildman–Crippen LogP) is 5.20. The smallest absolute Gasteiger partial charge is 0.0340 e. The van der Waals surface area contributed by atoms with Gasteiger partial charge in [0.05, 0.1) is 0 Å². The zero-order valence-corrected chi connectivity index (χ0v) is 11.6. The van der Waals surface area contributed by atoms with Gasteiger partial charge in [-0.1, -0.05) is 63.2 Å². The number of nitrogens with one attached hydrogen (secondary N) is 1. The SMILES string of the molecule is CC.CCCNc1ccc(-c2ccccc2)cc1. The molecule has 2 aromatic rings. The average molecular weight is 241 g/mol. The summed E-state index contributed by atoms with van der Waals surface area (Å²) in [5.41, 5.74) is 3.73. The van der Waals surface area contributed by atoms with E-state index in [2.05, 4.69) is 60.8 Å². The van der Waals surface area contributed by atoms with Crippen LogP contribution in [0.15, 0.2) is 54.6 Å². The molecule has 18 heavy (non-hydrogen) atoms. The van der Waals surface area contributed by atoms with E-state index in [0.29, 0.717) is 0 Å². The van der Waals surface area contributed by atoms with Crippen LogP contribution in [-0.2, 0) is 0 Å². The van der Waals surface area contributed by atoms with Gasteiger partial charge >= 0.3 is 0 Å². The normalized spacial score (nSPS) is 9.28. The minimum absolute atomic E-state index is 1.03. The number of rotatable bonds is 4. The zero-order valence-electron chi connectivity index (χ0n) is 11.6. The molecule has 1 N–H and O–H groups in total. The van der Waals surface area contributed by atoms with E-state index in [-0.39, 0.29) is 0 Å². The third-order valence-corrected chi connectivity index (χ3v) is 2.57. The molecule has 0 spiro atoms. The Morgan fingerprint density at radius 1 is 0.778 bits per heavy atom. The monoisotopic (exact) mass is 241 g/mol. The second kappa shape index (κ2) is 8.35. The van der Waals surface area contributed by atoms with Crippen molar-refractivity contribution in [2.45, 2.75) is 27.2 Å². The fourth-order valence-corrected chi connectivity index (χ4v) is 1.68. The van der Waals surface area contributed by atoms with Crippen LogP contribution in [0, 0.1) is 0 Å². The van der Waals surface area contributed by atoms with Crippen molar-refractivity contribution in [3.8, 4) is 11.1 Å². The van der Waals surface area contributed by atoms with Gasteiger partial charge in [0.25, 0.3) is 0 Å². The average Bonchev–Trinajstić information content (AvgIpc) is 2.49. The van der Waals surface area contributed by atoms with Crippen LogP contribution in [-0.4, -0.2) is 6.54 Å². The lowest BCUT2D eigenvalue weighted by atomic mass is 10.1. The Hall–Kier alpha value is -1.76. The van der Waals surface area contributed by atoms with Crippen molar-refractivity contribution in [1.82, 2.24) is 0 Å². The van der Waals surface area contributed by atoms with Gasteiger partial charge in [-0.3, -0.25) is 0 Å². The molecule has 0 saturated carbocycles. The lowest BCUT2D eigenvalue weighted by Gasteiger charge is -2.06. The fraction of sp³-hybridized carbons (Fsp3) is 0.294. The van der Waals surface area contributed by atoms with Crippen LogP contribution >= 0.6 is 0 Å². The van der Waals surface area contributed by atoms with E-state index in [1.165, 1.54) is 16.8 Å². The molecule has 1 heteroatoms. The Bertz CT molecular complexity index is 417. The molecule has 2 rings (SSSR count). The lowest BCUT2D eigenvalue weighted by Crippen LogP contribution is -1.98. The third kappa shape index (κ3) is 4.25. The second-order valence-corrected chi connectivity index (χ2v) is 3.87. The van der Waals surface area contributed by atoms with E-state index in [1.807, 2.05) is 19.9 Å². The Balaban J connectivity index is 0.000000771. The van der Waals surface area contributed by atoms with Gasteiger partial charge < -0.3 is 5.32 Å². The van der Waals surface area contributed by atoms with Gasteiger partial charge in [0.15, 0.2) is 0 Å². The molecule has 0 aromatic heterocycles. The van der Waals surface area contributed by atoms with Crippen LogP contribution in [0.3, 0.4) is 0 Å². The van der Waals surface area contributed by atoms with Gasteiger partial charge in [0.1, 0.15) is 0 Å². The fourth-order valence-electron chi connectivity index (χ4n) is 1.68. The Kier molecular flexibility index (Phi) is 6.63. The molecule has 0 fully saturated rings. The van der Waals surface area contributed by atoms with E-state index in [4.69, 9.17) is 0 Å². The molecule has 0 atom stereocenters. The lowest BCUT2D eigenvalue weighted by molar-refractivity contribution is 0.980. The Morgan fingerprint density at radius 2 is 1.33 bits per heavy atom. The van der Waals surface area contributed by atoms with Crippen LogP contribution in [0.1, 0.15) is 27.2 Å². The van der Waals surface area contributed by atoms with E-state index in [9.17, 15) is 0 Å². The van der Waals surface area contributed by atoms with Gasteiger partial charge in [-0.2, -0.15) is 0 Å². The van der Waals surface area contributed by atoms with Gasteiger partial charge in [-0.05, 0) is 29.7 Å². The summed E-state index contributed by atoms with van der Waals surface area (Å²) in [4.78, 5) is 0. The van der Waals surface area contributed by atoms with Gasteiger partial charge in [-0.15, -0.1) is 0 Å². The van der Waals surface area contributed by atoms with Crippen molar-refractivity contribution in [2.75, 3.05) is 11.9 Å². The molecular formula is C17H23N. The first kappa shape index (κ1) is 14.3. The van der Waals surface area contributed by atoms with Crippen LogP contribution in [0.5, 0.6) is 0 Å². The first-order chi connectivity index (χ1) is 8.90. The summed E-state index contributed by atoms with van der Waals surface area (Å²) in [7, 11) is 0. The topological polar surface area (TPSA) is 12.0 Å². The molecular weight excluding hydrogens is 218 g/mol. The molecule has 0 radical (unpaired) electrons. The second-order valence-electron chi connectivity index (χ2n) is 3.87. The molecule has 0 aliphatic carbocycles. The van der Waals surface area contributed by atoms with Crippen LogP contribution < -0.4 is 5.32 Å². The molecule has 0 aliphatic heterocycles. The van der Waals surface area contributed by atoms with Gasteiger partial charge in [-0.25, -0.2) is 0 Å². The van der Waals surface area contributed by atoms with E-state index >= 15 is 0 Å². The van der Waals surface area contributed by atoms with E-state index in [0.717, 1.165) is 13.0 Å². The first-order valence-corrected chi connectivity index (χ1v) is 6.79. The highest BCUT2D eigenvalue weighted by Crippen LogP contribution is 2.20. The largest absolute Gasteiger partial charge is 0.385 e. The molecule has 0 heterocycles. The minimum Gasteiger partial charge on any atom is -0.385 e. The Labute approximate surface area is 111 Å². The highest BCUT2D eigenvalue weighted by atomic mass is 14.9. The predicted molar refractivity (Wildman–Crippen MR) is 82.0 cm³/mol. The number of hydrogen-bond acceptors (Lipinski definition) is 1. The van der Waals surface area contributed by atoms with E-state index in [1.54, 1.807) is 0 Å². The van der Waals surface area contributed by atoms with Crippen LogP contribution in [0.2, 0.25) is 0 Å². The molecule has 1 nitrogen and oxygen atoms in total. The van der Waals surface area contributed by atoms with Crippen molar-refractivity contribution >= 4 is 5.69 Å². The minimum atomic E-state index is 1.03. The van der Waals surface area contributed by atoms with Gasteiger partial charge in [0.2, 0.25) is 0 Å². The molecule has 0 amide bonds. The van der Waals surface area contributed by atoms with Crippen molar-refractivity contribution < 1.29 is 0 Å². The summed E-state index contributed by atoms with van der Waals surface area (Å²) < 4.78 is 0. The number of anilines is 1. The number of benzene rings is 2. The quantitative estimate of drug-likeness (QED) is 0.775. The summed E-state index contributed by atoms with van der Waals surface area (Å²) in [5, 5.41) is 3.37. The molecule has 0 unspecified atom stereocenters. The number of hydrogen-bond donors (Lipinski definition) is 1. The maximum atomic E-state index is 3.37. The standard InChI is InChI=1S/C15H17N.C2H6/c1-2-12-16-15-10-8-14(9-11-15)13-6-4-3-5-7-13;1-2/h3-11,16H,2,12H2,1H3;1-2H3. The van der Waals surface area contributed by atoms with Crippen LogP contribution in [0.4, 0.5) is 5.69 Å². The molecule has 0 aliphatic rings. The molecule has 0 saturated heterocycles. The first-order valence-electron chi connectivity index (χ1n) is 6.79. The maximum Gasteiger partial charge on any atom is 0.0340 e. The van der Waals surface area contributed by atoms with Crippen molar-refractivity contribution in [1.29, 1.82) is 0 Å². The summed E-state index contributed by atoms with van der Waals surface area (Å²) in [6, 6.07) is 19.0. The van der Waals surface area contributed by atoms with Crippen LogP contribution in [0.25, 0.3) is 11.1 Å². The van der Waals surface area contributed by atoms with E-state index < -0.39 is 0 Å². The van der Waals surface area contributed by atoms with Crippen molar-refractivity contribution in [3.63, 3.8) is 0 Å². The molecule has 2 aromatic carbocycles. The molecule has 96 valence electrons. The highest BCUT2D eigenvalue weighted by Gasteiger charge is 1.96. The van der Waals surface area contributed by atoms with Gasteiger partial charge in [0, 0.05) is 12.2 Å². The molecule has 0 bridgehead atoms. The highest BCUT2D eigenvalue weighted by molar-refractivity contribution is 5.65. The zero-order chi connectivity index (χ0) is 13.2. The van der Waals surface area contributed by atoms with Crippen molar-refractivity contribution in [3.05, 3.63) is 54.6 Å². The van der Waals surface area contributed by atoms with Crippen molar-refractivity contribution in [2.24, 2.45) is 0 Å². The summed E-state index contributed by atoms with van der Waals surface area (Å²) in [5.74, 6) is 0.